The first kappa shape index (κ1) is 70.9. The van der Waals surface area contributed by atoms with Crippen molar-refractivity contribution in [1.82, 2.24) is 20.4 Å². The smallest absolute Gasteiger partial charge is 0.311 e. The van der Waals surface area contributed by atoms with E-state index < -0.39 is 0 Å². The van der Waals surface area contributed by atoms with E-state index in [9.17, 15) is 19.2 Å². The van der Waals surface area contributed by atoms with Crippen LogP contribution in [0.2, 0.25) is 0 Å². The molecule has 0 aromatic heterocycles. The Morgan fingerprint density at radius 2 is 0.768 bits per heavy atom. The lowest BCUT2D eigenvalue weighted by atomic mass is 9.93. The van der Waals surface area contributed by atoms with Crippen LogP contribution in [0.4, 0.5) is 0 Å². The van der Waals surface area contributed by atoms with Crippen LogP contribution in [0.3, 0.4) is 0 Å². The van der Waals surface area contributed by atoms with Gasteiger partial charge >= 0.3 is 11.9 Å². The normalized spacial score (nSPS) is 14.7. The van der Waals surface area contributed by atoms with Gasteiger partial charge in [0.05, 0.1) is 12.8 Å². The largest absolute Gasteiger partial charge is 0.427 e. The van der Waals surface area contributed by atoms with Gasteiger partial charge in [-0.2, -0.15) is 0 Å². The van der Waals surface area contributed by atoms with Gasteiger partial charge in [0, 0.05) is 50.5 Å². The van der Waals surface area contributed by atoms with E-state index in [2.05, 4.69) is 58.6 Å². The average molecular weight is 1170 g/mol. The molecule has 2 amide bonds. The molecule has 0 atom stereocenters. The molecular weight excluding hydrogens is 1060 g/mol. The Labute approximate surface area is 507 Å². The molecule has 2 aromatic carbocycles. The highest BCUT2D eigenvalue weighted by Gasteiger charge is 2.21. The summed E-state index contributed by atoms with van der Waals surface area (Å²) in [7, 11) is 4.02. The van der Waals surface area contributed by atoms with E-state index in [0.717, 1.165) is 139 Å². The van der Waals surface area contributed by atoms with Crippen molar-refractivity contribution in [2.45, 2.75) is 245 Å². The van der Waals surface area contributed by atoms with E-state index in [1.54, 1.807) is 24.3 Å². The second-order valence-electron chi connectivity index (χ2n) is 23.7. The number of carbonyl (C=O) groups excluding carboxylic acids is 4. The molecule has 12 heteroatoms. The van der Waals surface area contributed by atoms with Crippen molar-refractivity contribution in [2.75, 3.05) is 63.9 Å². The van der Waals surface area contributed by atoms with Gasteiger partial charge in [-0.05, 0) is 176 Å². The van der Waals surface area contributed by atoms with E-state index in [4.69, 9.17) is 9.47 Å². The summed E-state index contributed by atoms with van der Waals surface area (Å²) in [5.74, 6) is 4.44. The fraction of sp³-hybridized carbons (Fsp3) is 0.714. The Kier molecular flexibility index (Phi) is 42.1. The predicted octanol–water partition coefficient (Wildman–Crippen LogP) is 17.2. The van der Waals surface area contributed by atoms with Gasteiger partial charge in [-0.25, -0.2) is 0 Å². The SMILES string of the molecule is CCCCCCCC/C=C\CCCCCCCC(=O)Oc1ccc(CC(=O)NCCC2CCN(CCSSCCN3CCC(CCNC(=O)Cc4ccc(OC(=O)CCCCCCC/C=C\CCCCCCCC)cc4)CC3)CC2)cc1. The van der Waals surface area contributed by atoms with Crippen molar-refractivity contribution in [1.29, 1.82) is 0 Å². The number of piperidine rings is 2. The first-order valence-electron chi connectivity index (χ1n) is 33.4. The molecule has 10 nitrogen and oxygen atoms in total. The van der Waals surface area contributed by atoms with Gasteiger partial charge in [0.2, 0.25) is 11.8 Å². The molecule has 462 valence electrons. The molecule has 0 unspecified atom stereocenters. The number of carbonyl (C=O) groups is 4. The zero-order valence-electron chi connectivity index (χ0n) is 51.8. The number of nitrogens with one attached hydrogen (secondary N) is 2. The average Bonchev–Trinajstić information content (AvgIpc) is 3.49. The lowest BCUT2D eigenvalue weighted by molar-refractivity contribution is -0.135. The summed E-state index contributed by atoms with van der Waals surface area (Å²) in [5.41, 5.74) is 1.85. The summed E-state index contributed by atoms with van der Waals surface area (Å²) in [6, 6.07) is 14.8. The zero-order valence-corrected chi connectivity index (χ0v) is 53.4. The summed E-state index contributed by atoms with van der Waals surface area (Å²) in [5, 5.41) is 6.28. The summed E-state index contributed by atoms with van der Waals surface area (Å²) < 4.78 is 11.1. The van der Waals surface area contributed by atoms with Gasteiger partial charge in [0.25, 0.3) is 0 Å². The minimum absolute atomic E-state index is 0.0418. The van der Waals surface area contributed by atoms with Crippen LogP contribution >= 0.6 is 21.6 Å². The van der Waals surface area contributed by atoms with Gasteiger partial charge in [-0.1, -0.05) is 187 Å². The molecular formula is C70H114N4O6S2. The monoisotopic (exact) mass is 1170 g/mol. The molecule has 2 heterocycles. The van der Waals surface area contributed by atoms with Gasteiger partial charge < -0.3 is 29.9 Å². The van der Waals surface area contributed by atoms with Gasteiger partial charge in [-0.15, -0.1) is 0 Å². The number of benzene rings is 2. The number of rotatable bonds is 49. The zero-order chi connectivity index (χ0) is 58.2. The number of amides is 2. The van der Waals surface area contributed by atoms with Crippen LogP contribution in [0.5, 0.6) is 11.5 Å². The number of hydrogen-bond donors (Lipinski definition) is 2. The summed E-state index contributed by atoms with van der Waals surface area (Å²) >= 11 is 0. The van der Waals surface area contributed by atoms with Crippen LogP contribution in [0.25, 0.3) is 0 Å². The van der Waals surface area contributed by atoms with E-state index >= 15 is 0 Å². The Bertz CT molecular complexity index is 1840. The molecule has 4 rings (SSSR count). The van der Waals surface area contributed by atoms with Crippen molar-refractivity contribution in [2.24, 2.45) is 11.8 Å². The maximum absolute atomic E-state index is 12.7. The van der Waals surface area contributed by atoms with Crippen LogP contribution in [-0.4, -0.2) is 97.4 Å². The molecule has 2 fully saturated rings. The molecule has 0 aliphatic carbocycles. The molecule has 2 aliphatic heterocycles. The van der Waals surface area contributed by atoms with Crippen LogP contribution in [0.15, 0.2) is 72.8 Å². The van der Waals surface area contributed by atoms with Crippen LogP contribution < -0.4 is 20.1 Å². The third-order valence-corrected chi connectivity index (χ3v) is 18.9. The summed E-state index contributed by atoms with van der Waals surface area (Å²) in [4.78, 5) is 55.5. The molecule has 0 saturated carbocycles. The fourth-order valence-electron chi connectivity index (χ4n) is 11.2. The number of hydrogen-bond acceptors (Lipinski definition) is 10. The summed E-state index contributed by atoms with van der Waals surface area (Å²) in [6.07, 6.45) is 49.9. The van der Waals surface area contributed by atoms with E-state index in [1.165, 1.54) is 141 Å². The second-order valence-corrected chi connectivity index (χ2v) is 26.5. The second kappa shape index (κ2) is 48.6. The first-order chi connectivity index (χ1) is 40.3. The maximum Gasteiger partial charge on any atom is 0.311 e. The number of allylic oxidation sites excluding steroid dienone is 4. The van der Waals surface area contributed by atoms with Crippen molar-refractivity contribution in [3.05, 3.63) is 84.0 Å². The molecule has 82 heavy (non-hydrogen) atoms. The number of unbranched alkanes of at least 4 members (excludes halogenated alkanes) is 22. The number of ether oxygens (including phenoxy) is 2. The van der Waals surface area contributed by atoms with Crippen molar-refractivity contribution < 1.29 is 28.7 Å². The van der Waals surface area contributed by atoms with Crippen LogP contribution in [0.1, 0.15) is 243 Å². The minimum Gasteiger partial charge on any atom is -0.427 e. The topological polar surface area (TPSA) is 117 Å². The van der Waals surface area contributed by atoms with E-state index in [-0.39, 0.29) is 23.8 Å². The molecule has 2 aromatic rings. The Morgan fingerprint density at radius 3 is 1.11 bits per heavy atom. The quantitative estimate of drug-likeness (QED) is 0.0218. The highest BCUT2D eigenvalue weighted by Crippen LogP contribution is 2.26. The van der Waals surface area contributed by atoms with E-state index in [1.807, 2.05) is 45.9 Å². The highest BCUT2D eigenvalue weighted by molar-refractivity contribution is 8.76. The Balaban J connectivity index is 0.884. The molecule has 2 aliphatic rings. The van der Waals surface area contributed by atoms with Crippen molar-refractivity contribution in [3.63, 3.8) is 0 Å². The third-order valence-electron chi connectivity index (χ3n) is 16.6. The van der Waals surface area contributed by atoms with Gasteiger partial charge in [0.1, 0.15) is 11.5 Å². The van der Waals surface area contributed by atoms with Crippen LogP contribution in [-0.2, 0) is 32.0 Å². The van der Waals surface area contributed by atoms with E-state index in [0.29, 0.717) is 49.0 Å². The summed E-state index contributed by atoms with van der Waals surface area (Å²) in [6.45, 7) is 12.8. The molecule has 2 N–H and O–H groups in total. The standard InChI is InChI=1S/C70H114N4O6S2/c1-3-5-7-9-11-13-15-17-19-21-23-25-27-29-31-33-69(77)79-65-39-35-63(36-40-65)59-67(75)71-49-43-61-45-51-73(52-46-61)55-57-81-82-58-56-74-53-47-62(48-54-74)44-50-72-68(76)60-64-37-41-66(42-38-64)80-70(78)34-32-30-28-26-24-22-20-18-16-14-12-10-8-6-4-2/h17-20,35-42,61-62H,3-16,21-34,43-60H2,1-2H3,(H,71,75)(H,72,76)/b19-17-,20-18-. The number of esters is 2. The highest BCUT2D eigenvalue weighted by atomic mass is 33.1. The minimum atomic E-state index is -0.183. The molecule has 0 spiro atoms. The van der Waals surface area contributed by atoms with Gasteiger partial charge in [0.15, 0.2) is 0 Å². The fourth-order valence-corrected chi connectivity index (χ4v) is 13.2. The number of nitrogens with zero attached hydrogens (tertiary/aromatic N) is 2. The Morgan fingerprint density at radius 1 is 0.451 bits per heavy atom. The van der Waals surface area contributed by atoms with Gasteiger partial charge in [-0.3, -0.25) is 19.2 Å². The predicted molar refractivity (Wildman–Crippen MR) is 349 cm³/mol. The third kappa shape index (κ3) is 37.7. The van der Waals surface area contributed by atoms with Crippen molar-refractivity contribution in [3.8, 4) is 11.5 Å². The molecule has 0 radical (unpaired) electrons. The molecule has 0 bridgehead atoms. The molecule has 2 saturated heterocycles. The Hall–Kier alpha value is -3.58. The van der Waals surface area contributed by atoms with Crippen molar-refractivity contribution >= 4 is 45.3 Å². The maximum atomic E-state index is 12.7. The lowest BCUT2D eigenvalue weighted by Crippen LogP contribution is -2.37. The van der Waals surface area contributed by atoms with Crippen LogP contribution in [0, 0.1) is 11.8 Å². The number of likely N-dealkylation sites (tertiary alicyclic amines) is 2. The lowest BCUT2D eigenvalue weighted by Gasteiger charge is -2.32. The first-order valence-corrected chi connectivity index (χ1v) is 35.9.